The topological polar surface area (TPSA) is 102 Å². The lowest BCUT2D eigenvalue weighted by atomic mass is 10.3. The lowest BCUT2D eigenvalue weighted by molar-refractivity contribution is 0.504. The predicted octanol–water partition coefficient (Wildman–Crippen LogP) is 3.79. The van der Waals surface area contributed by atoms with Crippen LogP contribution in [0.3, 0.4) is 0 Å². The number of nitrogens with one attached hydrogen (secondary N) is 2. The Morgan fingerprint density at radius 2 is 1.68 bits per heavy atom. The molecule has 2 aromatic heterocycles. The lowest BCUT2D eigenvalue weighted by Gasteiger charge is -2.11. The number of hydrogen-bond acceptors (Lipinski definition) is 6. The Morgan fingerprint density at radius 3 is 2.35 bits per heavy atom. The smallest absolute Gasteiger partial charge is 0.261 e. The van der Waals surface area contributed by atoms with Crippen molar-refractivity contribution in [2.45, 2.75) is 11.8 Å². The molecule has 0 fully saturated rings. The van der Waals surface area contributed by atoms with E-state index in [0.717, 1.165) is 12.1 Å². The van der Waals surface area contributed by atoms with Gasteiger partial charge >= 0.3 is 0 Å². The second kappa shape index (κ2) is 8.11. The number of halogens is 2. The molecule has 0 saturated heterocycles. The number of sulfonamides is 1. The third-order valence-corrected chi connectivity index (χ3v) is 5.55. The SMILES string of the molecule is Cc1nc(Nc2ccc(NS(=O)(=O)c3ccc(F)c(F)c3)cc2)cc(-n2cccn2)n1. The van der Waals surface area contributed by atoms with Gasteiger partial charge in [-0.1, -0.05) is 0 Å². The molecule has 0 aliphatic carbocycles. The van der Waals surface area contributed by atoms with Crippen molar-refractivity contribution in [3.05, 3.63) is 84.4 Å². The zero-order chi connectivity index (χ0) is 22.0. The Morgan fingerprint density at radius 1 is 0.935 bits per heavy atom. The molecular formula is C20H16F2N6O2S. The standard InChI is InChI=1S/C20H16F2N6O2S/c1-13-24-19(12-20(25-13)28-10-2-9-23-28)26-14-3-5-15(6-4-14)27-31(29,30)16-7-8-17(21)18(22)11-16/h2-12,27H,1H3,(H,24,25,26). The summed E-state index contributed by atoms with van der Waals surface area (Å²) in [4.78, 5) is 8.29. The van der Waals surface area contributed by atoms with Crippen LogP contribution in [-0.2, 0) is 10.0 Å². The Hall–Kier alpha value is -3.86. The molecule has 158 valence electrons. The van der Waals surface area contributed by atoms with E-state index in [-0.39, 0.29) is 10.6 Å². The van der Waals surface area contributed by atoms with E-state index in [1.807, 2.05) is 0 Å². The molecule has 0 bridgehead atoms. The van der Waals surface area contributed by atoms with E-state index < -0.39 is 21.7 Å². The monoisotopic (exact) mass is 442 g/mol. The predicted molar refractivity (Wildman–Crippen MR) is 111 cm³/mol. The van der Waals surface area contributed by atoms with Gasteiger partial charge in [-0.05, 0) is 55.5 Å². The van der Waals surface area contributed by atoms with E-state index >= 15 is 0 Å². The molecule has 8 nitrogen and oxygen atoms in total. The summed E-state index contributed by atoms with van der Waals surface area (Å²) in [5, 5.41) is 7.27. The van der Waals surface area contributed by atoms with E-state index in [2.05, 4.69) is 25.1 Å². The number of hydrogen-bond donors (Lipinski definition) is 2. The zero-order valence-corrected chi connectivity index (χ0v) is 16.9. The highest BCUT2D eigenvalue weighted by Crippen LogP contribution is 2.22. The lowest BCUT2D eigenvalue weighted by Crippen LogP contribution is -2.13. The molecule has 0 radical (unpaired) electrons. The summed E-state index contributed by atoms with van der Waals surface area (Å²) in [5.41, 5.74) is 0.909. The molecule has 0 aliphatic heterocycles. The zero-order valence-electron chi connectivity index (χ0n) is 16.1. The van der Waals surface area contributed by atoms with E-state index in [4.69, 9.17) is 0 Å². The van der Waals surface area contributed by atoms with Gasteiger partial charge in [0, 0.05) is 29.8 Å². The first-order valence-corrected chi connectivity index (χ1v) is 10.5. The molecule has 31 heavy (non-hydrogen) atoms. The Labute approximate surface area is 176 Å². The Bertz CT molecular complexity index is 1330. The van der Waals surface area contributed by atoms with Gasteiger partial charge in [0.05, 0.1) is 4.90 Å². The van der Waals surface area contributed by atoms with Crippen molar-refractivity contribution in [2.75, 3.05) is 10.0 Å². The van der Waals surface area contributed by atoms with Gasteiger partial charge in [-0.3, -0.25) is 4.72 Å². The van der Waals surface area contributed by atoms with Gasteiger partial charge < -0.3 is 5.32 Å². The van der Waals surface area contributed by atoms with E-state index in [1.54, 1.807) is 48.3 Å². The van der Waals surface area contributed by atoms with Crippen LogP contribution in [-0.4, -0.2) is 28.2 Å². The van der Waals surface area contributed by atoms with Gasteiger partial charge in [-0.25, -0.2) is 31.8 Å². The second-order valence-electron chi connectivity index (χ2n) is 6.49. The molecule has 0 aliphatic rings. The highest BCUT2D eigenvalue weighted by Gasteiger charge is 2.16. The van der Waals surface area contributed by atoms with Crippen LogP contribution in [0.1, 0.15) is 5.82 Å². The number of rotatable bonds is 6. The molecular weight excluding hydrogens is 426 g/mol. The van der Waals surface area contributed by atoms with Gasteiger partial charge in [0.1, 0.15) is 11.6 Å². The quantitative estimate of drug-likeness (QED) is 0.471. The third kappa shape index (κ3) is 4.67. The third-order valence-electron chi connectivity index (χ3n) is 4.17. The van der Waals surface area contributed by atoms with Crippen LogP contribution >= 0.6 is 0 Å². The van der Waals surface area contributed by atoms with Crippen molar-refractivity contribution in [3.8, 4) is 5.82 Å². The fourth-order valence-electron chi connectivity index (χ4n) is 2.77. The summed E-state index contributed by atoms with van der Waals surface area (Å²) in [6, 6.07) is 12.2. The summed E-state index contributed by atoms with van der Waals surface area (Å²) in [6.07, 6.45) is 3.41. The first-order valence-electron chi connectivity index (χ1n) is 9.01. The molecule has 2 heterocycles. The van der Waals surface area contributed by atoms with Crippen LogP contribution in [0.25, 0.3) is 5.82 Å². The molecule has 0 saturated carbocycles. The summed E-state index contributed by atoms with van der Waals surface area (Å²) >= 11 is 0. The number of aryl methyl sites for hydroxylation is 1. The summed E-state index contributed by atoms with van der Waals surface area (Å²) in [7, 11) is -4.07. The molecule has 4 aromatic rings. The van der Waals surface area contributed by atoms with E-state index in [1.165, 1.54) is 12.1 Å². The first-order chi connectivity index (χ1) is 14.8. The molecule has 0 amide bonds. The van der Waals surface area contributed by atoms with Crippen LogP contribution in [0.5, 0.6) is 0 Å². The van der Waals surface area contributed by atoms with Crippen LogP contribution in [0.2, 0.25) is 0 Å². The van der Waals surface area contributed by atoms with Gasteiger partial charge in [0.15, 0.2) is 17.5 Å². The normalized spacial score (nSPS) is 11.3. The molecule has 4 rings (SSSR count). The molecule has 0 spiro atoms. The average Bonchev–Trinajstić information content (AvgIpc) is 3.26. The van der Waals surface area contributed by atoms with Crippen molar-refractivity contribution in [1.82, 2.24) is 19.7 Å². The minimum absolute atomic E-state index is 0.256. The van der Waals surface area contributed by atoms with Crippen LogP contribution in [0.15, 0.2) is 71.9 Å². The van der Waals surface area contributed by atoms with Gasteiger partial charge in [-0.2, -0.15) is 5.10 Å². The average molecular weight is 442 g/mol. The number of benzene rings is 2. The molecule has 11 heteroatoms. The van der Waals surface area contributed by atoms with Crippen molar-refractivity contribution in [1.29, 1.82) is 0 Å². The van der Waals surface area contributed by atoms with Crippen molar-refractivity contribution < 1.29 is 17.2 Å². The maximum absolute atomic E-state index is 13.4. The number of nitrogens with zero attached hydrogens (tertiary/aromatic N) is 4. The number of anilines is 3. The van der Waals surface area contributed by atoms with Crippen LogP contribution < -0.4 is 10.0 Å². The minimum atomic E-state index is -4.07. The van der Waals surface area contributed by atoms with Crippen LogP contribution in [0.4, 0.5) is 26.0 Å². The largest absolute Gasteiger partial charge is 0.340 e. The highest BCUT2D eigenvalue weighted by atomic mass is 32.2. The Balaban J connectivity index is 1.50. The number of aromatic nitrogens is 4. The van der Waals surface area contributed by atoms with Crippen molar-refractivity contribution >= 4 is 27.2 Å². The maximum Gasteiger partial charge on any atom is 0.261 e. The molecule has 0 unspecified atom stereocenters. The Kier molecular flexibility index (Phi) is 5.34. The van der Waals surface area contributed by atoms with Crippen molar-refractivity contribution in [2.24, 2.45) is 0 Å². The maximum atomic E-state index is 13.4. The van der Waals surface area contributed by atoms with Crippen molar-refractivity contribution in [3.63, 3.8) is 0 Å². The van der Waals surface area contributed by atoms with Gasteiger partial charge in [-0.15, -0.1) is 0 Å². The summed E-state index contributed by atoms with van der Waals surface area (Å²) in [6.45, 7) is 1.76. The fourth-order valence-corrected chi connectivity index (χ4v) is 3.84. The highest BCUT2D eigenvalue weighted by molar-refractivity contribution is 7.92. The molecule has 2 aromatic carbocycles. The van der Waals surface area contributed by atoms with Crippen LogP contribution in [0, 0.1) is 18.6 Å². The van der Waals surface area contributed by atoms with Gasteiger partial charge in [0.2, 0.25) is 0 Å². The second-order valence-corrected chi connectivity index (χ2v) is 8.18. The molecule has 2 N–H and O–H groups in total. The summed E-state index contributed by atoms with van der Waals surface area (Å²) < 4.78 is 55.1. The minimum Gasteiger partial charge on any atom is -0.340 e. The fraction of sp³-hybridized carbons (Fsp3) is 0.0500. The summed E-state index contributed by atoms with van der Waals surface area (Å²) in [5.74, 6) is -0.683. The first kappa shape index (κ1) is 20.4. The van der Waals surface area contributed by atoms with E-state index in [0.29, 0.717) is 29.2 Å². The van der Waals surface area contributed by atoms with E-state index in [9.17, 15) is 17.2 Å². The molecule has 0 atom stereocenters. The van der Waals surface area contributed by atoms with Gasteiger partial charge in [0.25, 0.3) is 10.0 Å².